The van der Waals surface area contributed by atoms with E-state index in [0.717, 1.165) is 0 Å². The number of nitrogens with zero attached hydrogens (tertiary/aromatic N) is 3. The SMILES string of the molecule is COCc1c(C=O)nnn1CC(C)(C)CO. The van der Waals surface area contributed by atoms with Crippen molar-refractivity contribution in [3.8, 4) is 0 Å². The molecule has 6 heteroatoms. The third kappa shape index (κ3) is 2.86. The smallest absolute Gasteiger partial charge is 0.172 e. The lowest BCUT2D eigenvalue weighted by atomic mass is 9.95. The highest BCUT2D eigenvalue weighted by Gasteiger charge is 2.21. The summed E-state index contributed by atoms with van der Waals surface area (Å²) >= 11 is 0. The molecule has 0 aliphatic carbocycles. The maximum Gasteiger partial charge on any atom is 0.172 e. The number of aldehydes is 1. The number of ether oxygens (including phenoxy) is 1. The van der Waals surface area contributed by atoms with Gasteiger partial charge in [0.1, 0.15) is 0 Å². The molecule has 0 atom stereocenters. The zero-order valence-corrected chi connectivity index (χ0v) is 9.80. The molecule has 0 fully saturated rings. The number of hydrogen-bond donors (Lipinski definition) is 1. The van der Waals surface area contributed by atoms with E-state index in [0.29, 0.717) is 18.5 Å². The maximum absolute atomic E-state index is 10.7. The molecule has 0 bridgehead atoms. The number of carbonyl (C=O) groups excluding carboxylic acids is 1. The van der Waals surface area contributed by atoms with Gasteiger partial charge in [-0.15, -0.1) is 5.10 Å². The summed E-state index contributed by atoms with van der Waals surface area (Å²) in [4.78, 5) is 10.7. The second kappa shape index (κ2) is 5.18. The van der Waals surface area contributed by atoms with E-state index in [-0.39, 0.29) is 24.3 Å². The van der Waals surface area contributed by atoms with E-state index in [2.05, 4.69) is 10.3 Å². The minimum Gasteiger partial charge on any atom is -0.396 e. The van der Waals surface area contributed by atoms with Crippen LogP contribution in [0.15, 0.2) is 0 Å². The molecule has 0 amide bonds. The topological polar surface area (TPSA) is 77.2 Å². The standard InChI is InChI=1S/C10H17N3O3/c1-10(2,7-15)6-13-9(5-16-3)8(4-14)11-12-13/h4,15H,5-7H2,1-3H3. The van der Waals surface area contributed by atoms with Crippen molar-refractivity contribution < 1.29 is 14.6 Å². The second-order valence-corrected chi connectivity index (χ2v) is 4.45. The van der Waals surface area contributed by atoms with Gasteiger partial charge in [0, 0.05) is 19.1 Å². The van der Waals surface area contributed by atoms with Crippen molar-refractivity contribution in [1.29, 1.82) is 0 Å². The fourth-order valence-electron chi connectivity index (χ4n) is 1.31. The van der Waals surface area contributed by atoms with Crippen molar-refractivity contribution in [2.75, 3.05) is 13.7 Å². The number of methoxy groups -OCH3 is 1. The first-order chi connectivity index (χ1) is 7.54. The summed E-state index contributed by atoms with van der Waals surface area (Å²) in [5.41, 5.74) is 0.616. The molecule has 1 rings (SSSR count). The van der Waals surface area contributed by atoms with Gasteiger partial charge in [-0.1, -0.05) is 19.1 Å². The van der Waals surface area contributed by atoms with E-state index in [1.54, 1.807) is 11.8 Å². The summed E-state index contributed by atoms with van der Waals surface area (Å²) < 4.78 is 6.60. The van der Waals surface area contributed by atoms with E-state index in [4.69, 9.17) is 4.74 Å². The number of aliphatic hydroxyl groups is 1. The maximum atomic E-state index is 10.7. The van der Waals surface area contributed by atoms with Crippen LogP contribution < -0.4 is 0 Å². The van der Waals surface area contributed by atoms with Crippen LogP contribution in [0.5, 0.6) is 0 Å². The van der Waals surface area contributed by atoms with Crippen molar-refractivity contribution >= 4 is 6.29 Å². The lowest BCUT2D eigenvalue weighted by Crippen LogP contribution is -2.25. The number of rotatable bonds is 6. The molecule has 0 unspecified atom stereocenters. The predicted octanol–water partition coefficient (Wildman–Crippen LogP) is 0.255. The Morgan fingerprint density at radius 2 is 2.25 bits per heavy atom. The largest absolute Gasteiger partial charge is 0.396 e. The summed E-state index contributed by atoms with van der Waals surface area (Å²) in [6, 6.07) is 0. The molecule has 1 N–H and O–H groups in total. The molecule has 1 aromatic heterocycles. The molecule has 16 heavy (non-hydrogen) atoms. The van der Waals surface area contributed by atoms with Gasteiger partial charge in [0.15, 0.2) is 12.0 Å². The minimum absolute atomic E-state index is 0.0374. The average molecular weight is 227 g/mol. The Kier molecular flexibility index (Phi) is 4.14. The monoisotopic (exact) mass is 227 g/mol. The number of aliphatic hydroxyl groups excluding tert-OH is 1. The van der Waals surface area contributed by atoms with Crippen LogP contribution in [0.2, 0.25) is 0 Å². The highest BCUT2D eigenvalue weighted by molar-refractivity contribution is 5.73. The first-order valence-corrected chi connectivity index (χ1v) is 5.01. The van der Waals surface area contributed by atoms with Crippen molar-refractivity contribution in [3.63, 3.8) is 0 Å². The van der Waals surface area contributed by atoms with Crippen LogP contribution in [0.25, 0.3) is 0 Å². The second-order valence-electron chi connectivity index (χ2n) is 4.45. The first kappa shape index (κ1) is 12.8. The van der Waals surface area contributed by atoms with Gasteiger partial charge in [-0.2, -0.15) is 0 Å². The molecule has 0 radical (unpaired) electrons. The number of hydrogen-bond acceptors (Lipinski definition) is 5. The van der Waals surface area contributed by atoms with E-state index in [1.807, 2.05) is 13.8 Å². The van der Waals surface area contributed by atoms with Crippen LogP contribution in [-0.4, -0.2) is 40.1 Å². The Balaban J connectivity index is 2.95. The summed E-state index contributed by atoms with van der Waals surface area (Å²) in [6.07, 6.45) is 0.657. The first-order valence-electron chi connectivity index (χ1n) is 5.01. The van der Waals surface area contributed by atoms with Crippen molar-refractivity contribution in [1.82, 2.24) is 15.0 Å². The van der Waals surface area contributed by atoms with Crippen LogP contribution in [0.3, 0.4) is 0 Å². The predicted molar refractivity (Wildman–Crippen MR) is 57.0 cm³/mol. The van der Waals surface area contributed by atoms with Crippen molar-refractivity contribution in [3.05, 3.63) is 11.4 Å². The molecule has 1 aromatic rings. The molecule has 0 saturated heterocycles. The Hall–Kier alpha value is -1.27. The third-order valence-corrected chi connectivity index (χ3v) is 2.27. The van der Waals surface area contributed by atoms with Crippen molar-refractivity contribution in [2.24, 2.45) is 5.41 Å². The van der Waals surface area contributed by atoms with E-state index < -0.39 is 0 Å². The molecule has 0 aromatic carbocycles. The Labute approximate surface area is 94.2 Å². The van der Waals surface area contributed by atoms with Crippen molar-refractivity contribution in [2.45, 2.75) is 27.0 Å². The molecule has 6 nitrogen and oxygen atoms in total. The number of aromatic nitrogens is 3. The van der Waals surface area contributed by atoms with Crippen LogP contribution in [0.1, 0.15) is 30.0 Å². The fraction of sp³-hybridized carbons (Fsp3) is 0.700. The molecular weight excluding hydrogens is 210 g/mol. The van der Waals surface area contributed by atoms with Gasteiger partial charge in [0.25, 0.3) is 0 Å². The summed E-state index contributed by atoms with van der Waals surface area (Å²) in [7, 11) is 1.54. The molecule has 1 heterocycles. The number of carbonyl (C=O) groups is 1. The highest BCUT2D eigenvalue weighted by Crippen LogP contribution is 2.18. The molecule has 90 valence electrons. The summed E-state index contributed by atoms with van der Waals surface area (Å²) in [6.45, 7) is 4.62. The zero-order valence-electron chi connectivity index (χ0n) is 9.80. The lowest BCUT2D eigenvalue weighted by molar-refractivity contribution is 0.111. The van der Waals surface area contributed by atoms with Gasteiger partial charge in [0.05, 0.1) is 18.8 Å². The van der Waals surface area contributed by atoms with E-state index >= 15 is 0 Å². The quantitative estimate of drug-likeness (QED) is 0.705. The molecule has 0 aliphatic rings. The fourth-order valence-corrected chi connectivity index (χ4v) is 1.31. The Bertz CT molecular complexity index is 360. The summed E-state index contributed by atoms with van der Waals surface area (Å²) in [5.74, 6) is 0. The summed E-state index contributed by atoms with van der Waals surface area (Å²) in [5, 5.41) is 16.8. The van der Waals surface area contributed by atoms with Gasteiger partial charge in [-0.25, -0.2) is 4.68 Å². The normalized spacial score (nSPS) is 11.8. The molecule has 0 spiro atoms. The van der Waals surface area contributed by atoms with Gasteiger partial charge in [-0.05, 0) is 0 Å². The van der Waals surface area contributed by atoms with Crippen LogP contribution in [0.4, 0.5) is 0 Å². The molecular formula is C10H17N3O3. The van der Waals surface area contributed by atoms with Crippen LogP contribution in [0, 0.1) is 5.41 Å². The molecule has 0 saturated carbocycles. The van der Waals surface area contributed by atoms with Gasteiger partial charge in [-0.3, -0.25) is 4.79 Å². The van der Waals surface area contributed by atoms with E-state index in [9.17, 15) is 9.90 Å². The minimum atomic E-state index is -0.309. The average Bonchev–Trinajstić information content (AvgIpc) is 2.61. The van der Waals surface area contributed by atoms with Crippen LogP contribution in [-0.2, 0) is 17.9 Å². The lowest BCUT2D eigenvalue weighted by Gasteiger charge is -2.21. The Morgan fingerprint density at radius 1 is 1.56 bits per heavy atom. The zero-order chi connectivity index (χ0) is 12.2. The van der Waals surface area contributed by atoms with E-state index in [1.165, 1.54) is 0 Å². The molecule has 0 aliphatic heterocycles. The van der Waals surface area contributed by atoms with Gasteiger partial charge in [0.2, 0.25) is 0 Å². The van der Waals surface area contributed by atoms with Crippen LogP contribution >= 0.6 is 0 Å². The highest BCUT2D eigenvalue weighted by atomic mass is 16.5. The van der Waals surface area contributed by atoms with Gasteiger partial charge >= 0.3 is 0 Å². The third-order valence-electron chi connectivity index (χ3n) is 2.27. The van der Waals surface area contributed by atoms with Gasteiger partial charge < -0.3 is 9.84 Å². The Morgan fingerprint density at radius 3 is 2.75 bits per heavy atom.